The average Bonchev–Trinajstić information content (AvgIpc) is 3.05. The fourth-order valence-electron chi connectivity index (χ4n) is 2.71. The zero-order valence-electron chi connectivity index (χ0n) is 16.0. The third kappa shape index (κ3) is 5.25. The van der Waals surface area contributed by atoms with Crippen molar-refractivity contribution in [3.8, 4) is 6.07 Å². The standard InChI is InChI=1S/C20H18BrN5O3S/c1-14-12-19(26(24-14)11-3-10-22)23-20(27)15-4-2-5-17(13-15)25-30(28,29)18-8-6-16(21)7-9-18/h2,4-9,12-13,25H,3,11H2,1H3,(H,23,27). The molecule has 1 heterocycles. The van der Waals surface area contributed by atoms with Gasteiger partial charge in [-0.25, -0.2) is 13.1 Å². The van der Waals surface area contributed by atoms with Crippen molar-refractivity contribution in [3.63, 3.8) is 0 Å². The second-order valence-electron chi connectivity index (χ2n) is 6.40. The Morgan fingerprint density at radius 2 is 1.93 bits per heavy atom. The van der Waals surface area contributed by atoms with Crippen LogP contribution in [0.25, 0.3) is 0 Å². The summed E-state index contributed by atoms with van der Waals surface area (Å²) < 4.78 is 29.9. The van der Waals surface area contributed by atoms with Gasteiger partial charge in [-0.1, -0.05) is 22.0 Å². The predicted octanol–water partition coefficient (Wildman–Crippen LogP) is 3.92. The number of hydrogen-bond acceptors (Lipinski definition) is 5. The monoisotopic (exact) mass is 487 g/mol. The zero-order chi connectivity index (χ0) is 21.7. The maximum atomic E-state index is 12.7. The molecule has 0 spiro atoms. The van der Waals surface area contributed by atoms with Crippen LogP contribution in [-0.2, 0) is 16.6 Å². The lowest BCUT2D eigenvalue weighted by Crippen LogP contribution is -2.17. The van der Waals surface area contributed by atoms with Gasteiger partial charge in [-0.2, -0.15) is 10.4 Å². The molecular weight excluding hydrogens is 470 g/mol. The summed E-state index contributed by atoms with van der Waals surface area (Å²) in [5.41, 5.74) is 1.25. The Hall–Kier alpha value is -3.16. The van der Waals surface area contributed by atoms with Gasteiger partial charge in [-0.3, -0.25) is 9.52 Å². The Kier molecular flexibility index (Phi) is 6.54. The van der Waals surface area contributed by atoms with E-state index >= 15 is 0 Å². The molecule has 10 heteroatoms. The molecule has 2 N–H and O–H groups in total. The van der Waals surface area contributed by atoms with Crippen LogP contribution >= 0.6 is 15.9 Å². The van der Waals surface area contributed by atoms with E-state index < -0.39 is 15.9 Å². The molecule has 0 radical (unpaired) electrons. The van der Waals surface area contributed by atoms with E-state index in [1.807, 2.05) is 6.07 Å². The molecule has 1 aromatic heterocycles. The third-order valence-corrected chi connectivity index (χ3v) is 6.01. The van der Waals surface area contributed by atoms with E-state index in [4.69, 9.17) is 5.26 Å². The molecule has 0 saturated carbocycles. The minimum atomic E-state index is -3.79. The molecule has 154 valence electrons. The van der Waals surface area contributed by atoms with Crippen LogP contribution in [0.3, 0.4) is 0 Å². The Morgan fingerprint density at radius 3 is 2.63 bits per heavy atom. The highest BCUT2D eigenvalue weighted by atomic mass is 79.9. The molecule has 0 atom stereocenters. The fraction of sp³-hybridized carbons (Fsp3) is 0.150. The van der Waals surface area contributed by atoms with Crippen LogP contribution in [0.2, 0.25) is 0 Å². The molecule has 0 aliphatic rings. The van der Waals surface area contributed by atoms with Crippen molar-refractivity contribution in [1.29, 1.82) is 5.26 Å². The number of benzene rings is 2. The highest BCUT2D eigenvalue weighted by Crippen LogP contribution is 2.20. The van der Waals surface area contributed by atoms with Gasteiger partial charge in [-0.05, 0) is 49.4 Å². The second-order valence-corrected chi connectivity index (χ2v) is 8.99. The lowest BCUT2D eigenvalue weighted by Gasteiger charge is -2.11. The Labute approximate surface area is 182 Å². The normalized spacial score (nSPS) is 11.0. The molecular formula is C20H18BrN5O3S. The number of amides is 1. The van der Waals surface area contributed by atoms with Gasteiger partial charge in [0.15, 0.2) is 0 Å². The number of nitrogens with one attached hydrogen (secondary N) is 2. The minimum Gasteiger partial charge on any atom is -0.307 e. The Bertz CT molecular complexity index is 1210. The first-order chi connectivity index (χ1) is 14.3. The first-order valence-electron chi connectivity index (χ1n) is 8.90. The first-order valence-corrected chi connectivity index (χ1v) is 11.2. The number of carbonyl (C=O) groups is 1. The van der Waals surface area contributed by atoms with Crippen molar-refractivity contribution in [2.75, 3.05) is 10.0 Å². The molecule has 0 fully saturated rings. The Balaban J connectivity index is 1.78. The number of rotatable bonds is 7. The smallest absolute Gasteiger partial charge is 0.261 e. The molecule has 0 unspecified atom stereocenters. The number of halogens is 1. The van der Waals surface area contributed by atoms with Gasteiger partial charge in [0.1, 0.15) is 5.82 Å². The summed E-state index contributed by atoms with van der Waals surface area (Å²) >= 11 is 3.27. The maximum absolute atomic E-state index is 12.7. The minimum absolute atomic E-state index is 0.109. The summed E-state index contributed by atoms with van der Waals surface area (Å²) in [5, 5.41) is 15.8. The van der Waals surface area contributed by atoms with Crippen LogP contribution < -0.4 is 10.0 Å². The molecule has 0 bridgehead atoms. The van der Waals surface area contributed by atoms with Crippen molar-refractivity contribution in [2.24, 2.45) is 0 Å². The van der Waals surface area contributed by atoms with Crippen molar-refractivity contribution >= 4 is 43.4 Å². The summed E-state index contributed by atoms with van der Waals surface area (Å²) in [5.74, 6) is 0.0476. The van der Waals surface area contributed by atoms with Gasteiger partial charge in [0.2, 0.25) is 0 Å². The number of aryl methyl sites for hydroxylation is 2. The second kappa shape index (κ2) is 9.11. The summed E-state index contributed by atoms with van der Waals surface area (Å²) in [6.45, 7) is 2.14. The van der Waals surface area contributed by atoms with Crippen LogP contribution in [-0.4, -0.2) is 24.1 Å². The number of nitrogens with zero attached hydrogens (tertiary/aromatic N) is 3. The highest BCUT2D eigenvalue weighted by molar-refractivity contribution is 9.10. The summed E-state index contributed by atoms with van der Waals surface area (Å²) in [6, 6.07) is 16.2. The quantitative estimate of drug-likeness (QED) is 0.523. The average molecular weight is 488 g/mol. The Morgan fingerprint density at radius 1 is 1.20 bits per heavy atom. The van der Waals surface area contributed by atoms with E-state index in [0.29, 0.717) is 18.1 Å². The number of sulfonamides is 1. The van der Waals surface area contributed by atoms with Gasteiger partial charge in [0, 0.05) is 21.8 Å². The van der Waals surface area contributed by atoms with Gasteiger partial charge in [0.25, 0.3) is 15.9 Å². The van der Waals surface area contributed by atoms with Gasteiger partial charge < -0.3 is 5.32 Å². The van der Waals surface area contributed by atoms with Crippen molar-refractivity contribution in [3.05, 3.63) is 70.3 Å². The number of anilines is 2. The van der Waals surface area contributed by atoms with Crippen molar-refractivity contribution in [1.82, 2.24) is 9.78 Å². The summed E-state index contributed by atoms with van der Waals surface area (Å²) in [6.07, 6.45) is 0.261. The number of nitriles is 1. The van der Waals surface area contributed by atoms with Crippen LogP contribution in [0.5, 0.6) is 0 Å². The van der Waals surface area contributed by atoms with Crippen LogP contribution in [0.4, 0.5) is 11.5 Å². The number of carbonyl (C=O) groups excluding carboxylic acids is 1. The first kappa shape index (κ1) is 21.5. The molecule has 30 heavy (non-hydrogen) atoms. The molecule has 3 aromatic rings. The third-order valence-electron chi connectivity index (χ3n) is 4.08. The van der Waals surface area contributed by atoms with Crippen molar-refractivity contribution in [2.45, 2.75) is 24.8 Å². The van der Waals surface area contributed by atoms with Crippen molar-refractivity contribution < 1.29 is 13.2 Å². The number of hydrogen-bond donors (Lipinski definition) is 2. The molecule has 3 rings (SSSR count). The van der Waals surface area contributed by atoms with Crippen LogP contribution in [0.1, 0.15) is 22.5 Å². The molecule has 8 nitrogen and oxygen atoms in total. The van der Waals surface area contributed by atoms with E-state index in [-0.39, 0.29) is 22.6 Å². The van der Waals surface area contributed by atoms with E-state index in [1.54, 1.807) is 48.0 Å². The van der Waals surface area contributed by atoms with Crippen LogP contribution in [0, 0.1) is 18.3 Å². The highest BCUT2D eigenvalue weighted by Gasteiger charge is 2.16. The van der Waals surface area contributed by atoms with Gasteiger partial charge in [-0.15, -0.1) is 0 Å². The SMILES string of the molecule is Cc1cc(NC(=O)c2cccc(NS(=O)(=O)c3ccc(Br)cc3)c2)n(CCC#N)n1. The molecule has 2 aromatic carbocycles. The molecule has 0 aliphatic carbocycles. The largest absolute Gasteiger partial charge is 0.307 e. The summed E-state index contributed by atoms with van der Waals surface area (Å²) in [7, 11) is -3.79. The van der Waals surface area contributed by atoms with E-state index in [1.165, 1.54) is 18.2 Å². The predicted molar refractivity (Wildman–Crippen MR) is 117 cm³/mol. The molecule has 1 amide bonds. The van der Waals surface area contributed by atoms with Gasteiger partial charge in [0.05, 0.1) is 29.6 Å². The lowest BCUT2D eigenvalue weighted by atomic mass is 10.2. The topological polar surface area (TPSA) is 117 Å². The van der Waals surface area contributed by atoms with Gasteiger partial charge >= 0.3 is 0 Å². The van der Waals surface area contributed by atoms with E-state index in [0.717, 1.165) is 4.47 Å². The lowest BCUT2D eigenvalue weighted by molar-refractivity contribution is 0.102. The fourth-order valence-corrected chi connectivity index (χ4v) is 4.03. The molecule has 0 aliphatic heterocycles. The maximum Gasteiger partial charge on any atom is 0.261 e. The number of aromatic nitrogens is 2. The van der Waals surface area contributed by atoms with E-state index in [2.05, 4.69) is 31.1 Å². The molecule has 0 saturated heterocycles. The zero-order valence-corrected chi connectivity index (χ0v) is 18.4. The summed E-state index contributed by atoms with van der Waals surface area (Å²) in [4.78, 5) is 12.8. The van der Waals surface area contributed by atoms with Crippen LogP contribution in [0.15, 0.2) is 64.0 Å². The van der Waals surface area contributed by atoms with E-state index in [9.17, 15) is 13.2 Å².